The highest BCUT2D eigenvalue weighted by Gasteiger charge is 2.36. The lowest BCUT2D eigenvalue weighted by molar-refractivity contribution is -0.135. The second kappa shape index (κ2) is 8.39. The van der Waals surface area contributed by atoms with Crippen LogP contribution in [0.25, 0.3) is 0 Å². The van der Waals surface area contributed by atoms with Crippen molar-refractivity contribution in [2.75, 3.05) is 39.8 Å². The van der Waals surface area contributed by atoms with Crippen LogP contribution in [0.5, 0.6) is 5.75 Å². The molecule has 4 rings (SSSR count). The van der Waals surface area contributed by atoms with E-state index in [4.69, 9.17) is 4.74 Å². The second-order valence-electron chi connectivity index (χ2n) is 8.16. The lowest BCUT2D eigenvalue weighted by Gasteiger charge is -2.34. The monoisotopic (exact) mass is 386 g/mol. The number of hydrogen-bond acceptors (Lipinski definition) is 4. The van der Waals surface area contributed by atoms with E-state index in [1.807, 2.05) is 29.2 Å². The van der Waals surface area contributed by atoms with Crippen molar-refractivity contribution in [2.45, 2.75) is 44.4 Å². The van der Waals surface area contributed by atoms with Crippen LogP contribution in [0.2, 0.25) is 0 Å². The number of benzene rings is 1. The number of piperazine rings is 1. The Bertz CT molecular complexity index is 696. The van der Waals surface area contributed by atoms with Gasteiger partial charge < -0.3 is 24.8 Å². The SMILES string of the molecule is CN1CCC(Oc2ccc(CNC(=O)N3CCN(C4CC4)C(=O)C3)cc2)CC1. The van der Waals surface area contributed by atoms with E-state index in [-0.39, 0.29) is 24.6 Å². The van der Waals surface area contributed by atoms with Gasteiger partial charge in [0.05, 0.1) is 0 Å². The summed E-state index contributed by atoms with van der Waals surface area (Å²) < 4.78 is 6.06. The molecule has 1 aromatic rings. The van der Waals surface area contributed by atoms with Crippen LogP contribution >= 0.6 is 0 Å². The Balaban J connectivity index is 1.21. The Morgan fingerprint density at radius 3 is 2.43 bits per heavy atom. The predicted molar refractivity (Wildman–Crippen MR) is 106 cm³/mol. The van der Waals surface area contributed by atoms with E-state index < -0.39 is 0 Å². The lowest BCUT2D eigenvalue weighted by Crippen LogP contribution is -2.55. The van der Waals surface area contributed by atoms with Crippen molar-refractivity contribution >= 4 is 11.9 Å². The topological polar surface area (TPSA) is 65.1 Å². The summed E-state index contributed by atoms with van der Waals surface area (Å²) in [4.78, 5) is 30.4. The Kier molecular flexibility index (Phi) is 5.71. The first-order chi connectivity index (χ1) is 13.6. The average molecular weight is 386 g/mol. The molecule has 2 heterocycles. The van der Waals surface area contributed by atoms with E-state index in [1.165, 1.54) is 0 Å². The van der Waals surface area contributed by atoms with E-state index in [0.29, 0.717) is 25.7 Å². The molecule has 1 aliphatic carbocycles. The molecule has 7 nitrogen and oxygen atoms in total. The zero-order chi connectivity index (χ0) is 19.5. The number of amides is 3. The van der Waals surface area contributed by atoms with Crippen LogP contribution in [0.3, 0.4) is 0 Å². The Morgan fingerprint density at radius 1 is 1.07 bits per heavy atom. The van der Waals surface area contributed by atoms with Crippen LogP contribution in [0.15, 0.2) is 24.3 Å². The van der Waals surface area contributed by atoms with Gasteiger partial charge in [0, 0.05) is 38.8 Å². The van der Waals surface area contributed by atoms with Gasteiger partial charge >= 0.3 is 6.03 Å². The minimum Gasteiger partial charge on any atom is -0.490 e. The van der Waals surface area contributed by atoms with Gasteiger partial charge in [-0.05, 0) is 50.4 Å². The summed E-state index contributed by atoms with van der Waals surface area (Å²) in [6.45, 7) is 4.05. The van der Waals surface area contributed by atoms with Gasteiger partial charge in [-0.1, -0.05) is 12.1 Å². The van der Waals surface area contributed by atoms with Gasteiger partial charge in [-0.25, -0.2) is 4.79 Å². The maximum atomic E-state index is 12.4. The number of hydrogen-bond donors (Lipinski definition) is 1. The normalized spacial score (nSPS) is 21.7. The molecule has 7 heteroatoms. The van der Waals surface area contributed by atoms with E-state index in [0.717, 1.165) is 50.1 Å². The number of urea groups is 1. The van der Waals surface area contributed by atoms with Crippen molar-refractivity contribution in [3.63, 3.8) is 0 Å². The predicted octanol–water partition coefficient (Wildman–Crippen LogP) is 1.68. The van der Waals surface area contributed by atoms with Gasteiger partial charge in [0.15, 0.2) is 0 Å². The highest BCUT2D eigenvalue weighted by Crippen LogP contribution is 2.28. The fourth-order valence-electron chi connectivity index (χ4n) is 3.90. The molecule has 0 aromatic heterocycles. The molecule has 3 amide bonds. The number of carbonyl (C=O) groups excluding carboxylic acids is 2. The van der Waals surface area contributed by atoms with Crippen molar-refractivity contribution in [3.05, 3.63) is 29.8 Å². The van der Waals surface area contributed by atoms with Crippen LogP contribution in [-0.2, 0) is 11.3 Å². The van der Waals surface area contributed by atoms with Gasteiger partial charge in [-0.15, -0.1) is 0 Å². The Labute approximate surface area is 166 Å². The van der Waals surface area contributed by atoms with Gasteiger partial charge in [-0.3, -0.25) is 4.79 Å². The molecule has 1 saturated carbocycles. The standard InChI is InChI=1S/C21H30N4O3/c1-23-10-8-19(9-11-23)28-18-6-2-16(3-7-18)14-22-21(27)24-12-13-25(17-4-5-17)20(26)15-24/h2-3,6-7,17,19H,4-5,8-15H2,1H3,(H,22,27). The number of nitrogens with one attached hydrogen (secondary N) is 1. The molecule has 0 bridgehead atoms. The van der Waals surface area contributed by atoms with Crippen LogP contribution in [0.1, 0.15) is 31.2 Å². The summed E-state index contributed by atoms with van der Waals surface area (Å²) in [6, 6.07) is 8.17. The molecular weight excluding hydrogens is 356 g/mol. The largest absolute Gasteiger partial charge is 0.490 e. The van der Waals surface area contributed by atoms with Crippen LogP contribution < -0.4 is 10.1 Å². The number of piperidine rings is 1. The molecule has 2 saturated heterocycles. The van der Waals surface area contributed by atoms with Crippen LogP contribution in [0.4, 0.5) is 4.79 Å². The third-order valence-electron chi connectivity index (χ3n) is 5.87. The molecule has 0 atom stereocenters. The summed E-state index contributed by atoms with van der Waals surface area (Å²) in [7, 11) is 2.14. The van der Waals surface area contributed by atoms with Gasteiger partial charge in [0.1, 0.15) is 18.4 Å². The first-order valence-corrected chi connectivity index (χ1v) is 10.3. The summed E-state index contributed by atoms with van der Waals surface area (Å²) in [5.74, 6) is 0.950. The molecule has 28 heavy (non-hydrogen) atoms. The molecule has 3 aliphatic rings. The molecule has 2 aliphatic heterocycles. The second-order valence-corrected chi connectivity index (χ2v) is 8.16. The zero-order valence-corrected chi connectivity index (χ0v) is 16.6. The molecule has 0 radical (unpaired) electrons. The summed E-state index contributed by atoms with van der Waals surface area (Å²) >= 11 is 0. The summed E-state index contributed by atoms with van der Waals surface area (Å²) in [5, 5.41) is 2.92. The smallest absolute Gasteiger partial charge is 0.318 e. The summed E-state index contributed by atoms with van der Waals surface area (Å²) in [5.41, 5.74) is 1.02. The number of likely N-dealkylation sites (tertiary alicyclic amines) is 1. The van der Waals surface area contributed by atoms with Crippen molar-refractivity contribution < 1.29 is 14.3 Å². The minimum absolute atomic E-state index is 0.0688. The lowest BCUT2D eigenvalue weighted by atomic mass is 10.1. The van der Waals surface area contributed by atoms with Crippen molar-refractivity contribution in [1.29, 1.82) is 0 Å². The fourth-order valence-corrected chi connectivity index (χ4v) is 3.90. The van der Waals surface area contributed by atoms with Gasteiger partial charge in [0.25, 0.3) is 0 Å². The molecule has 3 fully saturated rings. The van der Waals surface area contributed by atoms with E-state index >= 15 is 0 Å². The molecule has 152 valence electrons. The molecule has 0 unspecified atom stereocenters. The highest BCUT2D eigenvalue weighted by atomic mass is 16.5. The Morgan fingerprint density at radius 2 is 1.79 bits per heavy atom. The van der Waals surface area contributed by atoms with Crippen molar-refractivity contribution in [3.8, 4) is 5.75 Å². The van der Waals surface area contributed by atoms with Crippen molar-refractivity contribution in [2.24, 2.45) is 0 Å². The quantitative estimate of drug-likeness (QED) is 0.836. The van der Waals surface area contributed by atoms with E-state index in [9.17, 15) is 9.59 Å². The molecule has 0 spiro atoms. The highest BCUT2D eigenvalue weighted by molar-refractivity contribution is 5.85. The van der Waals surface area contributed by atoms with E-state index in [1.54, 1.807) is 4.90 Å². The van der Waals surface area contributed by atoms with E-state index in [2.05, 4.69) is 17.3 Å². The van der Waals surface area contributed by atoms with Crippen LogP contribution in [0, 0.1) is 0 Å². The molecule has 1 aromatic carbocycles. The maximum absolute atomic E-state index is 12.4. The van der Waals surface area contributed by atoms with Gasteiger partial charge in [0.2, 0.25) is 5.91 Å². The number of nitrogens with zero attached hydrogens (tertiary/aromatic N) is 3. The van der Waals surface area contributed by atoms with Crippen LogP contribution in [-0.4, -0.2) is 78.6 Å². The molecule has 1 N–H and O–H groups in total. The fraction of sp³-hybridized carbons (Fsp3) is 0.619. The minimum atomic E-state index is -0.171. The average Bonchev–Trinajstić information content (AvgIpc) is 3.54. The third-order valence-corrected chi connectivity index (χ3v) is 5.87. The number of ether oxygens (including phenoxy) is 1. The number of rotatable bonds is 5. The van der Waals surface area contributed by atoms with Crippen molar-refractivity contribution in [1.82, 2.24) is 20.0 Å². The Hall–Kier alpha value is -2.28. The first kappa shape index (κ1) is 19.1. The molecular formula is C21H30N4O3. The zero-order valence-electron chi connectivity index (χ0n) is 16.6. The maximum Gasteiger partial charge on any atom is 0.318 e. The summed E-state index contributed by atoms with van der Waals surface area (Å²) in [6.07, 6.45) is 4.61. The number of carbonyl (C=O) groups is 2. The third kappa shape index (κ3) is 4.76. The first-order valence-electron chi connectivity index (χ1n) is 10.3. The van der Waals surface area contributed by atoms with Gasteiger partial charge in [-0.2, -0.15) is 0 Å².